The van der Waals surface area contributed by atoms with Crippen LogP contribution in [0.3, 0.4) is 0 Å². The van der Waals surface area contributed by atoms with Crippen molar-refractivity contribution in [2.24, 2.45) is 0 Å². The molecule has 2 rings (SSSR count). The Morgan fingerprint density at radius 3 is 2.92 bits per heavy atom. The molecular weight excluding hydrogens is 162 g/mol. The summed E-state index contributed by atoms with van der Waals surface area (Å²) in [5.74, 6) is 0. The van der Waals surface area contributed by atoms with Crippen LogP contribution < -0.4 is 0 Å². The van der Waals surface area contributed by atoms with E-state index in [9.17, 15) is 5.11 Å². The molecule has 0 amide bonds. The third-order valence-electron chi connectivity index (χ3n) is 3.29. The lowest BCUT2D eigenvalue weighted by atomic mass is 10.0. The van der Waals surface area contributed by atoms with Gasteiger partial charge >= 0.3 is 0 Å². The van der Waals surface area contributed by atoms with E-state index in [1.54, 1.807) is 0 Å². The maximum Gasteiger partial charge on any atom is 0.0587 e. The summed E-state index contributed by atoms with van der Waals surface area (Å²) in [5.41, 5.74) is 0. The highest BCUT2D eigenvalue weighted by atomic mass is 16.3. The molecule has 74 valence electrons. The number of allylic oxidation sites excluding steroid dienone is 1. The molecule has 1 heterocycles. The molecule has 13 heavy (non-hydrogen) atoms. The highest BCUT2D eigenvalue weighted by molar-refractivity contribution is 5.01. The average molecular weight is 181 g/mol. The van der Waals surface area contributed by atoms with Gasteiger partial charge in [-0.15, -0.1) is 0 Å². The first-order valence-electron chi connectivity index (χ1n) is 5.45. The normalized spacial score (nSPS) is 35.5. The van der Waals surface area contributed by atoms with Gasteiger partial charge in [-0.3, -0.25) is 4.90 Å². The Morgan fingerprint density at radius 1 is 1.31 bits per heavy atom. The summed E-state index contributed by atoms with van der Waals surface area (Å²) < 4.78 is 0. The van der Waals surface area contributed by atoms with Crippen molar-refractivity contribution in [3.8, 4) is 0 Å². The van der Waals surface area contributed by atoms with Gasteiger partial charge in [0.25, 0.3) is 0 Å². The Bertz CT molecular complexity index is 191. The van der Waals surface area contributed by atoms with E-state index in [2.05, 4.69) is 17.1 Å². The molecule has 0 spiro atoms. The molecule has 0 radical (unpaired) electrons. The highest BCUT2D eigenvalue weighted by Crippen LogP contribution is 2.25. The lowest BCUT2D eigenvalue weighted by Gasteiger charge is -2.31. The summed E-state index contributed by atoms with van der Waals surface area (Å²) in [6.07, 6.45) is 10.9. The molecule has 1 N–H and O–H groups in total. The second kappa shape index (κ2) is 4.25. The molecule has 2 aliphatic rings. The Morgan fingerprint density at radius 2 is 2.23 bits per heavy atom. The largest absolute Gasteiger partial charge is 0.395 e. The van der Waals surface area contributed by atoms with Crippen LogP contribution in [0.15, 0.2) is 12.2 Å². The van der Waals surface area contributed by atoms with E-state index < -0.39 is 0 Å². The van der Waals surface area contributed by atoms with Crippen LogP contribution in [0.25, 0.3) is 0 Å². The van der Waals surface area contributed by atoms with E-state index >= 15 is 0 Å². The van der Waals surface area contributed by atoms with Crippen LogP contribution in [0.1, 0.15) is 32.1 Å². The smallest absolute Gasteiger partial charge is 0.0587 e. The minimum absolute atomic E-state index is 0.338. The number of hydrogen-bond acceptors (Lipinski definition) is 2. The molecule has 0 bridgehead atoms. The van der Waals surface area contributed by atoms with E-state index in [-0.39, 0.29) is 0 Å². The summed E-state index contributed by atoms with van der Waals surface area (Å²) >= 11 is 0. The SMILES string of the molecule is OCC1CCCN1C1C=CCCC1. The molecule has 2 atom stereocenters. The van der Waals surface area contributed by atoms with Gasteiger partial charge in [-0.25, -0.2) is 0 Å². The number of rotatable bonds is 2. The zero-order chi connectivity index (χ0) is 9.10. The summed E-state index contributed by atoms with van der Waals surface area (Å²) in [7, 11) is 0. The minimum atomic E-state index is 0.338. The quantitative estimate of drug-likeness (QED) is 0.653. The van der Waals surface area contributed by atoms with Gasteiger partial charge < -0.3 is 5.11 Å². The molecule has 0 aromatic carbocycles. The number of likely N-dealkylation sites (tertiary alicyclic amines) is 1. The van der Waals surface area contributed by atoms with Gasteiger partial charge in [0.2, 0.25) is 0 Å². The fraction of sp³-hybridized carbons (Fsp3) is 0.818. The van der Waals surface area contributed by atoms with Crippen molar-refractivity contribution in [1.29, 1.82) is 0 Å². The van der Waals surface area contributed by atoms with Gasteiger partial charge in [0, 0.05) is 12.1 Å². The Hall–Kier alpha value is -0.340. The van der Waals surface area contributed by atoms with Crippen molar-refractivity contribution in [1.82, 2.24) is 4.90 Å². The fourth-order valence-electron chi connectivity index (χ4n) is 2.56. The molecule has 1 aliphatic carbocycles. The van der Waals surface area contributed by atoms with Gasteiger partial charge in [-0.05, 0) is 38.6 Å². The molecule has 1 saturated heterocycles. The standard InChI is InChI=1S/C11H19NO/c13-9-11-7-4-8-12(11)10-5-2-1-3-6-10/h2,5,10-11,13H,1,3-4,6-9H2. The van der Waals surface area contributed by atoms with Crippen molar-refractivity contribution in [2.45, 2.75) is 44.2 Å². The molecule has 0 aromatic rings. The summed E-state index contributed by atoms with van der Waals surface area (Å²) in [6.45, 7) is 1.52. The van der Waals surface area contributed by atoms with Crippen molar-refractivity contribution in [3.05, 3.63) is 12.2 Å². The van der Waals surface area contributed by atoms with Crippen LogP contribution in [0, 0.1) is 0 Å². The van der Waals surface area contributed by atoms with E-state index in [1.807, 2.05) is 0 Å². The van der Waals surface area contributed by atoms with Gasteiger partial charge in [0.05, 0.1) is 6.61 Å². The van der Waals surface area contributed by atoms with Crippen molar-refractivity contribution < 1.29 is 5.11 Å². The molecule has 2 nitrogen and oxygen atoms in total. The molecular formula is C11H19NO. The zero-order valence-electron chi connectivity index (χ0n) is 8.15. The average Bonchev–Trinajstić information content (AvgIpc) is 2.67. The van der Waals surface area contributed by atoms with Gasteiger partial charge in [0.15, 0.2) is 0 Å². The second-order valence-corrected chi connectivity index (χ2v) is 4.14. The molecule has 2 heteroatoms. The zero-order valence-corrected chi connectivity index (χ0v) is 8.15. The topological polar surface area (TPSA) is 23.5 Å². The van der Waals surface area contributed by atoms with Crippen molar-refractivity contribution in [2.75, 3.05) is 13.2 Å². The number of aliphatic hydroxyl groups excluding tert-OH is 1. The molecule has 0 aromatic heterocycles. The maximum atomic E-state index is 9.20. The highest BCUT2D eigenvalue weighted by Gasteiger charge is 2.28. The Kier molecular flexibility index (Phi) is 3.01. The summed E-state index contributed by atoms with van der Waals surface area (Å²) in [6, 6.07) is 1.06. The summed E-state index contributed by atoms with van der Waals surface area (Å²) in [4.78, 5) is 2.48. The first-order valence-corrected chi connectivity index (χ1v) is 5.45. The van der Waals surface area contributed by atoms with Crippen LogP contribution in [0.5, 0.6) is 0 Å². The van der Waals surface area contributed by atoms with Crippen LogP contribution in [0.4, 0.5) is 0 Å². The monoisotopic (exact) mass is 181 g/mol. The predicted molar refractivity (Wildman–Crippen MR) is 53.6 cm³/mol. The third-order valence-corrected chi connectivity index (χ3v) is 3.29. The van der Waals surface area contributed by atoms with Crippen LogP contribution in [-0.4, -0.2) is 35.2 Å². The van der Waals surface area contributed by atoms with Gasteiger partial charge in [0.1, 0.15) is 0 Å². The van der Waals surface area contributed by atoms with Crippen LogP contribution >= 0.6 is 0 Å². The minimum Gasteiger partial charge on any atom is -0.395 e. The molecule has 0 saturated carbocycles. The number of aliphatic hydroxyl groups is 1. The first-order chi connectivity index (χ1) is 6.42. The first kappa shape index (κ1) is 9.22. The molecule has 1 fully saturated rings. The van der Waals surface area contributed by atoms with Crippen molar-refractivity contribution >= 4 is 0 Å². The number of nitrogens with zero attached hydrogens (tertiary/aromatic N) is 1. The second-order valence-electron chi connectivity index (χ2n) is 4.14. The Labute approximate surface area is 80.2 Å². The molecule has 2 unspecified atom stereocenters. The third kappa shape index (κ3) is 1.94. The number of hydrogen-bond donors (Lipinski definition) is 1. The van der Waals surface area contributed by atoms with Crippen LogP contribution in [-0.2, 0) is 0 Å². The van der Waals surface area contributed by atoms with E-state index in [1.165, 1.54) is 38.6 Å². The summed E-state index contributed by atoms with van der Waals surface area (Å²) in [5, 5.41) is 9.20. The Balaban J connectivity index is 1.97. The van der Waals surface area contributed by atoms with Gasteiger partial charge in [-0.2, -0.15) is 0 Å². The molecule has 1 aliphatic heterocycles. The van der Waals surface area contributed by atoms with E-state index in [0.717, 1.165) is 0 Å². The lowest BCUT2D eigenvalue weighted by molar-refractivity contribution is 0.130. The van der Waals surface area contributed by atoms with Crippen molar-refractivity contribution in [3.63, 3.8) is 0 Å². The maximum absolute atomic E-state index is 9.20. The lowest BCUT2D eigenvalue weighted by Crippen LogP contribution is -2.40. The van der Waals surface area contributed by atoms with E-state index in [4.69, 9.17) is 0 Å². The van der Waals surface area contributed by atoms with Crippen LogP contribution in [0.2, 0.25) is 0 Å². The fourth-order valence-corrected chi connectivity index (χ4v) is 2.56. The van der Waals surface area contributed by atoms with E-state index in [0.29, 0.717) is 18.7 Å². The predicted octanol–water partition coefficient (Wildman–Crippen LogP) is 1.55. The van der Waals surface area contributed by atoms with Gasteiger partial charge in [-0.1, -0.05) is 12.2 Å².